The van der Waals surface area contributed by atoms with Crippen LogP contribution in [0.2, 0.25) is 0 Å². The van der Waals surface area contributed by atoms with Gasteiger partial charge in [-0.1, -0.05) is 0 Å². The molecule has 0 spiro atoms. The second-order valence-corrected chi connectivity index (χ2v) is 7.72. The molecule has 1 aliphatic heterocycles. The molecule has 128 valence electrons. The van der Waals surface area contributed by atoms with Gasteiger partial charge in [-0.3, -0.25) is 0 Å². The van der Waals surface area contributed by atoms with Crippen LogP contribution in [0.15, 0.2) is 12.3 Å². The largest absolute Gasteiger partial charge is 0.363 e. The van der Waals surface area contributed by atoms with Gasteiger partial charge in [-0.2, -0.15) is 4.98 Å². The minimum absolute atomic E-state index is 0.833. The lowest BCUT2D eigenvalue weighted by molar-refractivity contribution is 0.635. The van der Waals surface area contributed by atoms with Crippen molar-refractivity contribution >= 4 is 28.2 Å². The van der Waals surface area contributed by atoms with Gasteiger partial charge in [-0.15, -0.1) is 11.3 Å². The van der Waals surface area contributed by atoms with E-state index in [9.17, 15) is 0 Å². The summed E-state index contributed by atoms with van der Waals surface area (Å²) in [4.78, 5) is 22.2. The average Bonchev–Trinajstić information content (AvgIpc) is 3.06. The molecule has 0 bridgehead atoms. The lowest BCUT2D eigenvalue weighted by Gasteiger charge is -2.34. The zero-order chi connectivity index (χ0) is 16.5. The minimum atomic E-state index is 0.833. The third kappa shape index (κ3) is 3.05. The zero-order valence-corrected chi connectivity index (χ0v) is 15.2. The molecule has 0 amide bonds. The maximum Gasteiger partial charge on any atom is 0.227 e. The van der Waals surface area contributed by atoms with Gasteiger partial charge >= 0.3 is 0 Å². The number of piperazine rings is 1. The molecule has 24 heavy (non-hydrogen) atoms. The van der Waals surface area contributed by atoms with Crippen LogP contribution in [-0.4, -0.2) is 55.2 Å². The van der Waals surface area contributed by atoms with Gasteiger partial charge in [0.1, 0.15) is 5.82 Å². The third-order valence-corrected chi connectivity index (χ3v) is 5.97. The predicted molar refractivity (Wildman–Crippen MR) is 99.5 cm³/mol. The predicted octanol–water partition coefficient (Wildman–Crippen LogP) is 2.20. The van der Waals surface area contributed by atoms with Crippen LogP contribution >= 0.6 is 11.3 Å². The molecule has 1 saturated heterocycles. The Hall–Kier alpha value is -1.89. The van der Waals surface area contributed by atoms with Crippen molar-refractivity contribution in [3.63, 3.8) is 0 Å². The number of hydrogen-bond donors (Lipinski definition) is 0. The molecule has 0 N–H and O–H groups in total. The smallest absolute Gasteiger partial charge is 0.227 e. The summed E-state index contributed by atoms with van der Waals surface area (Å²) in [5.74, 6) is 1.79. The Morgan fingerprint density at radius 2 is 1.75 bits per heavy atom. The first-order valence-corrected chi connectivity index (χ1v) is 9.51. The van der Waals surface area contributed by atoms with Gasteiger partial charge in [0.15, 0.2) is 5.13 Å². The standard InChI is InChI=1S/C17H24N6S/c1-21(2)15-7-8-18-16(20-15)22-9-11-23(12-10-22)17-19-13-5-3-4-6-14(13)24-17/h7-8H,3-6,9-12H2,1-2H3. The van der Waals surface area contributed by atoms with Crippen LogP contribution < -0.4 is 14.7 Å². The summed E-state index contributed by atoms with van der Waals surface area (Å²) < 4.78 is 0. The van der Waals surface area contributed by atoms with Crippen molar-refractivity contribution in [2.45, 2.75) is 25.7 Å². The van der Waals surface area contributed by atoms with Gasteiger partial charge in [-0.05, 0) is 31.7 Å². The zero-order valence-electron chi connectivity index (χ0n) is 14.4. The summed E-state index contributed by atoms with van der Waals surface area (Å²) in [6.07, 6.45) is 6.85. The summed E-state index contributed by atoms with van der Waals surface area (Å²) >= 11 is 1.90. The van der Waals surface area contributed by atoms with E-state index in [-0.39, 0.29) is 0 Å². The molecule has 7 heteroatoms. The van der Waals surface area contributed by atoms with Crippen LogP contribution in [0.5, 0.6) is 0 Å². The molecule has 0 atom stereocenters. The number of fused-ring (bicyclic) bond motifs is 1. The van der Waals surface area contributed by atoms with Crippen molar-refractivity contribution < 1.29 is 0 Å². The van der Waals surface area contributed by atoms with Gasteiger partial charge in [0, 0.05) is 51.3 Å². The van der Waals surface area contributed by atoms with Gasteiger partial charge < -0.3 is 14.7 Å². The van der Waals surface area contributed by atoms with Crippen molar-refractivity contribution in [3.8, 4) is 0 Å². The maximum atomic E-state index is 4.90. The molecule has 2 aromatic heterocycles. The fraction of sp³-hybridized carbons (Fsp3) is 0.588. The van der Waals surface area contributed by atoms with Crippen molar-refractivity contribution in [2.75, 3.05) is 55.0 Å². The van der Waals surface area contributed by atoms with E-state index in [4.69, 9.17) is 4.98 Å². The van der Waals surface area contributed by atoms with E-state index in [2.05, 4.69) is 19.8 Å². The third-order valence-electron chi connectivity index (χ3n) is 4.75. The Morgan fingerprint density at radius 1 is 1.00 bits per heavy atom. The number of hydrogen-bond acceptors (Lipinski definition) is 7. The normalized spacial score (nSPS) is 17.8. The molecule has 3 heterocycles. The van der Waals surface area contributed by atoms with Gasteiger partial charge in [0.2, 0.25) is 5.95 Å². The Balaban J connectivity index is 1.43. The SMILES string of the molecule is CN(C)c1ccnc(N2CCN(c3nc4c(s3)CCCC4)CC2)n1. The molecule has 1 aliphatic carbocycles. The Morgan fingerprint density at radius 3 is 2.50 bits per heavy atom. The van der Waals surface area contributed by atoms with Crippen LogP contribution in [0, 0.1) is 0 Å². The van der Waals surface area contributed by atoms with E-state index < -0.39 is 0 Å². The minimum Gasteiger partial charge on any atom is -0.363 e. The highest BCUT2D eigenvalue weighted by Crippen LogP contribution is 2.32. The number of thiazole rings is 1. The fourth-order valence-corrected chi connectivity index (χ4v) is 4.51. The van der Waals surface area contributed by atoms with Crippen LogP contribution in [0.25, 0.3) is 0 Å². The van der Waals surface area contributed by atoms with Crippen molar-refractivity contribution in [3.05, 3.63) is 22.8 Å². The van der Waals surface area contributed by atoms with Crippen LogP contribution in [-0.2, 0) is 12.8 Å². The first kappa shape index (κ1) is 15.6. The van der Waals surface area contributed by atoms with Crippen LogP contribution in [0.1, 0.15) is 23.4 Å². The Labute approximate surface area is 147 Å². The number of nitrogens with zero attached hydrogens (tertiary/aromatic N) is 6. The van der Waals surface area contributed by atoms with Crippen molar-refractivity contribution in [1.82, 2.24) is 15.0 Å². The molecule has 6 nitrogen and oxygen atoms in total. The first-order valence-electron chi connectivity index (χ1n) is 8.69. The number of rotatable bonds is 3. The summed E-state index contributed by atoms with van der Waals surface area (Å²) in [6.45, 7) is 3.87. The van der Waals surface area contributed by atoms with E-state index in [0.29, 0.717) is 0 Å². The first-order chi connectivity index (χ1) is 11.7. The Bertz CT molecular complexity index is 681. The van der Waals surface area contributed by atoms with Gasteiger partial charge in [0.05, 0.1) is 5.69 Å². The van der Waals surface area contributed by atoms with Gasteiger partial charge in [0.25, 0.3) is 0 Å². The number of aromatic nitrogens is 3. The van der Waals surface area contributed by atoms with Gasteiger partial charge in [-0.25, -0.2) is 9.97 Å². The van der Waals surface area contributed by atoms with E-state index >= 15 is 0 Å². The fourth-order valence-electron chi connectivity index (χ4n) is 3.31. The van der Waals surface area contributed by atoms with E-state index in [1.165, 1.54) is 35.0 Å². The molecular formula is C17H24N6S. The molecule has 0 radical (unpaired) electrons. The van der Waals surface area contributed by atoms with Crippen molar-refractivity contribution in [1.29, 1.82) is 0 Å². The molecular weight excluding hydrogens is 320 g/mol. The molecule has 2 aliphatic rings. The maximum absolute atomic E-state index is 4.90. The summed E-state index contributed by atoms with van der Waals surface area (Å²) in [5, 5.41) is 1.21. The number of anilines is 3. The second kappa shape index (κ2) is 6.55. The lowest BCUT2D eigenvalue weighted by Crippen LogP contribution is -2.47. The second-order valence-electron chi connectivity index (χ2n) is 6.66. The van der Waals surface area contributed by atoms with E-state index in [1.807, 2.05) is 42.6 Å². The monoisotopic (exact) mass is 344 g/mol. The molecule has 0 saturated carbocycles. The van der Waals surface area contributed by atoms with Crippen LogP contribution in [0.3, 0.4) is 0 Å². The topological polar surface area (TPSA) is 48.4 Å². The quantitative estimate of drug-likeness (QED) is 0.851. The molecule has 0 unspecified atom stereocenters. The average molecular weight is 344 g/mol. The van der Waals surface area contributed by atoms with Crippen molar-refractivity contribution in [2.24, 2.45) is 0 Å². The summed E-state index contributed by atoms with van der Waals surface area (Å²) in [5.41, 5.74) is 1.35. The highest BCUT2D eigenvalue weighted by Gasteiger charge is 2.23. The molecule has 2 aromatic rings. The molecule has 0 aromatic carbocycles. The lowest BCUT2D eigenvalue weighted by atomic mass is 10.0. The highest BCUT2D eigenvalue weighted by atomic mass is 32.1. The molecule has 1 fully saturated rings. The van der Waals surface area contributed by atoms with Crippen LogP contribution in [0.4, 0.5) is 16.9 Å². The Kier molecular flexibility index (Phi) is 4.26. The summed E-state index contributed by atoms with van der Waals surface area (Å²) in [7, 11) is 4.02. The molecule has 4 rings (SSSR count). The van der Waals surface area contributed by atoms with E-state index in [0.717, 1.165) is 44.4 Å². The number of aryl methyl sites for hydroxylation is 2. The summed E-state index contributed by atoms with van der Waals surface area (Å²) in [6, 6.07) is 1.94. The van der Waals surface area contributed by atoms with E-state index in [1.54, 1.807) is 0 Å². The highest BCUT2D eigenvalue weighted by molar-refractivity contribution is 7.15.